The van der Waals surface area contributed by atoms with Crippen molar-refractivity contribution in [3.05, 3.63) is 51.1 Å². The maximum Gasteiger partial charge on any atom is 0.248 e. The molecule has 5 nitrogen and oxygen atoms in total. The number of halogens is 1. The number of hydrogen-bond acceptors (Lipinski definition) is 3. The molecule has 0 atom stereocenters. The molecule has 2 heterocycles. The van der Waals surface area contributed by atoms with Crippen LogP contribution < -0.4 is 0 Å². The van der Waals surface area contributed by atoms with E-state index in [-0.39, 0.29) is 21.7 Å². The molecule has 0 aromatic carbocycles. The van der Waals surface area contributed by atoms with Crippen LogP contribution in [-0.2, 0) is 0 Å². The first kappa shape index (κ1) is 13.5. The predicted octanol–water partition coefficient (Wildman–Crippen LogP) is 3.65. The molecule has 0 N–H and O–H groups in total. The van der Waals surface area contributed by atoms with Gasteiger partial charge in [0.05, 0.1) is 10.6 Å². The van der Waals surface area contributed by atoms with E-state index in [4.69, 9.17) is 11.6 Å². The molecule has 2 aromatic rings. The third-order valence-electron chi connectivity index (χ3n) is 2.68. The molecule has 0 spiro atoms. The highest BCUT2D eigenvalue weighted by Crippen LogP contribution is 2.22. The maximum absolute atomic E-state index is 11.1. The Hall–Kier alpha value is -1.88. The molecule has 19 heavy (non-hydrogen) atoms. The number of hydrogen-bond donors (Lipinski definition) is 0. The molecular weight excluding hydrogens is 266 g/mol. The van der Waals surface area contributed by atoms with Gasteiger partial charge in [-0.3, -0.25) is 14.5 Å². The normalized spacial score (nSPS) is 12.3. The third-order valence-corrected chi connectivity index (χ3v) is 2.96. The highest BCUT2D eigenvalue weighted by Gasteiger charge is 2.16. The fourth-order valence-electron chi connectivity index (χ4n) is 1.88. The molecule has 0 aliphatic rings. The van der Waals surface area contributed by atoms with Crippen LogP contribution >= 0.6 is 11.6 Å². The van der Waals surface area contributed by atoms with Crippen LogP contribution in [0.1, 0.15) is 26.0 Å². The van der Waals surface area contributed by atoms with Crippen LogP contribution in [-0.4, -0.2) is 14.3 Å². The van der Waals surface area contributed by atoms with E-state index in [1.165, 1.54) is 6.08 Å². The number of imidazole rings is 1. The Morgan fingerprint density at radius 1 is 1.58 bits per heavy atom. The lowest BCUT2D eigenvalue weighted by atomic mass is 10.1. The zero-order valence-corrected chi connectivity index (χ0v) is 11.5. The number of fused-ring (bicyclic) bond motifs is 1. The molecule has 0 bridgehead atoms. The lowest BCUT2D eigenvalue weighted by Gasteiger charge is -2.02. The molecule has 0 aliphatic carbocycles. The smallest absolute Gasteiger partial charge is 0.248 e. The van der Waals surface area contributed by atoms with Gasteiger partial charge in [-0.2, -0.15) is 0 Å². The van der Waals surface area contributed by atoms with Crippen molar-refractivity contribution in [3.8, 4) is 0 Å². The summed E-state index contributed by atoms with van der Waals surface area (Å²) in [7, 11) is 0. The van der Waals surface area contributed by atoms with Crippen LogP contribution in [0.5, 0.6) is 0 Å². The van der Waals surface area contributed by atoms with E-state index in [0.717, 1.165) is 0 Å². The molecule has 0 amide bonds. The number of nitrogens with zero attached hydrogens (tertiary/aromatic N) is 3. The van der Waals surface area contributed by atoms with Crippen LogP contribution in [0.15, 0.2) is 30.1 Å². The van der Waals surface area contributed by atoms with Gasteiger partial charge in [0, 0.05) is 18.7 Å². The van der Waals surface area contributed by atoms with Gasteiger partial charge >= 0.3 is 0 Å². The topological polar surface area (TPSA) is 60.4 Å². The summed E-state index contributed by atoms with van der Waals surface area (Å²) in [6.45, 7) is 3.88. The van der Waals surface area contributed by atoms with Crippen LogP contribution in [0.25, 0.3) is 11.7 Å². The Morgan fingerprint density at radius 3 is 2.95 bits per heavy atom. The van der Waals surface area contributed by atoms with Crippen molar-refractivity contribution in [3.63, 3.8) is 0 Å². The monoisotopic (exact) mass is 279 g/mol. The molecule has 0 radical (unpaired) electrons. The van der Waals surface area contributed by atoms with Gasteiger partial charge in [0.15, 0.2) is 5.15 Å². The first-order valence-electron chi connectivity index (χ1n) is 5.96. The number of nitro groups is 1. The Labute approximate surface area is 115 Å². The van der Waals surface area contributed by atoms with Crippen molar-refractivity contribution < 1.29 is 4.92 Å². The standard InChI is InChI=1S/C13H14ClN3O2/c1-9(2)7-10(17(18)19)8-11-13(14)15-12-5-3-4-6-16(11)12/h3-6,8-9H,7H2,1-2H3. The summed E-state index contributed by atoms with van der Waals surface area (Å²) in [4.78, 5) is 14.9. The highest BCUT2D eigenvalue weighted by atomic mass is 35.5. The van der Waals surface area contributed by atoms with E-state index in [0.29, 0.717) is 17.8 Å². The summed E-state index contributed by atoms with van der Waals surface area (Å²) < 4.78 is 1.74. The van der Waals surface area contributed by atoms with E-state index in [1.54, 1.807) is 16.7 Å². The highest BCUT2D eigenvalue weighted by molar-refractivity contribution is 6.31. The second-order valence-electron chi connectivity index (χ2n) is 4.71. The molecule has 6 heteroatoms. The quantitative estimate of drug-likeness (QED) is 0.634. The molecule has 0 fully saturated rings. The SMILES string of the molecule is CC(C)CC(=Cc1c(Cl)nc2ccccn12)[N+](=O)[O-]. The van der Waals surface area contributed by atoms with E-state index in [2.05, 4.69) is 4.98 Å². The second-order valence-corrected chi connectivity index (χ2v) is 5.07. The van der Waals surface area contributed by atoms with E-state index in [1.807, 2.05) is 26.0 Å². The fraction of sp³-hybridized carbons (Fsp3) is 0.308. The average molecular weight is 280 g/mol. The summed E-state index contributed by atoms with van der Waals surface area (Å²) in [5.41, 5.74) is 1.36. The van der Waals surface area contributed by atoms with Gasteiger partial charge in [-0.25, -0.2) is 4.98 Å². The van der Waals surface area contributed by atoms with Crippen LogP contribution in [0, 0.1) is 16.0 Å². The number of allylic oxidation sites excluding steroid dienone is 1. The molecule has 0 saturated carbocycles. The molecule has 0 saturated heterocycles. The van der Waals surface area contributed by atoms with Gasteiger partial charge in [-0.05, 0) is 18.1 Å². The zero-order valence-electron chi connectivity index (χ0n) is 10.7. The van der Waals surface area contributed by atoms with Crippen molar-refractivity contribution in [1.29, 1.82) is 0 Å². The van der Waals surface area contributed by atoms with Crippen molar-refractivity contribution >= 4 is 23.3 Å². The van der Waals surface area contributed by atoms with Gasteiger partial charge in [-0.1, -0.05) is 31.5 Å². The summed E-state index contributed by atoms with van der Waals surface area (Å²) in [5.74, 6) is 0.203. The number of rotatable bonds is 4. The largest absolute Gasteiger partial charge is 0.298 e. The van der Waals surface area contributed by atoms with E-state index >= 15 is 0 Å². The second kappa shape index (κ2) is 5.40. The summed E-state index contributed by atoms with van der Waals surface area (Å²) in [6.07, 6.45) is 3.68. The third kappa shape index (κ3) is 2.93. The lowest BCUT2D eigenvalue weighted by Crippen LogP contribution is -2.03. The van der Waals surface area contributed by atoms with Crippen molar-refractivity contribution in [1.82, 2.24) is 9.38 Å². The van der Waals surface area contributed by atoms with Gasteiger partial charge in [0.2, 0.25) is 5.70 Å². The lowest BCUT2D eigenvalue weighted by molar-refractivity contribution is -0.427. The molecule has 0 aliphatic heterocycles. The molecular formula is C13H14ClN3O2. The summed E-state index contributed by atoms with van der Waals surface area (Å²) >= 11 is 6.05. The summed E-state index contributed by atoms with van der Waals surface area (Å²) in [5, 5.41) is 11.3. The van der Waals surface area contributed by atoms with E-state index in [9.17, 15) is 10.1 Å². The summed E-state index contributed by atoms with van der Waals surface area (Å²) in [6, 6.07) is 5.48. The first-order valence-corrected chi connectivity index (χ1v) is 6.34. The fourth-order valence-corrected chi connectivity index (χ4v) is 2.11. The Bertz CT molecular complexity index is 646. The minimum atomic E-state index is -0.362. The zero-order chi connectivity index (χ0) is 14.0. The molecule has 2 rings (SSSR count). The predicted molar refractivity (Wildman–Crippen MR) is 74.6 cm³/mol. The van der Waals surface area contributed by atoms with Crippen LogP contribution in [0.4, 0.5) is 0 Å². The van der Waals surface area contributed by atoms with E-state index < -0.39 is 0 Å². The minimum Gasteiger partial charge on any atom is -0.298 e. The van der Waals surface area contributed by atoms with Gasteiger partial charge in [0.25, 0.3) is 0 Å². The average Bonchev–Trinajstić information content (AvgIpc) is 2.64. The molecule has 100 valence electrons. The Kier molecular flexibility index (Phi) is 3.85. The van der Waals surface area contributed by atoms with Crippen molar-refractivity contribution in [2.24, 2.45) is 5.92 Å². The van der Waals surface area contributed by atoms with Gasteiger partial charge in [0.1, 0.15) is 5.65 Å². The van der Waals surface area contributed by atoms with Crippen molar-refractivity contribution in [2.45, 2.75) is 20.3 Å². The molecule has 0 unspecified atom stereocenters. The first-order chi connectivity index (χ1) is 8.99. The van der Waals surface area contributed by atoms with Crippen LogP contribution in [0.3, 0.4) is 0 Å². The van der Waals surface area contributed by atoms with Gasteiger partial charge in [-0.15, -0.1) is 0 Å². The number of aromatic nitrogens is 2. The maximum atomic E-state index is 11.1. The van der Waals surface area contributed by atoms with Crippen LogP contribution in [0.2, 0.25) is 5.15 Å². The van der Waals surface area contributed by atoms with Gasteiger partial charge < -0.3 is 0 Å². The Balaban J connectivity index is 2.53. The van der Waals surface area contributed by atoms with Crippen molar-refractivity contribution in [2.75, 3.05) is 0 Å². The minimum absolute atomic E-state index is 0.141. The molecule has 2 aromatic heterocycles. The number of pyridine rings is 1. The Morgan fingerprint density at radius 2 is 2.32 bits per heavy atom.